The third-order valence-corrected chi connectivity index (χ3v) is 2.86. The van der Waals surface area contributed by atoms with Gasteiger partial charge in [0.15, 0.2) is 11.6 Å². The second kappa shape index (κ2) is 4.18. The van der Waals surface area contributed by atoms with Crippen molar-refractivity contribution in [3.8, 4) is 11.5 Å². The summed E-state index contributed by atoms with van der Waals surface area (Å²) in [7, 11) is 0. The van der Waals surface area contributed by atoms with Crippen LogP contribution in [0.4, 0.5) is 15.9 Å². The van der Waals surface area contributed by atoms with Gasteiger partial charge in [-0.15, -0.1) is 0 Å². The molecule has 0 amide bonds. The highest BCUT2D eigenvalue weighted by molar-refractivity contribution is 5.56. The van der Waals surface area contributed by atoms with E-state index >= 15 is 0 Å². The number of rotatable bonds is 2. The molecule has 3 N–H and O–H groups in total. The van der Waals surface area contributed by atoms with Gasteiger partial charge in [0.2, 0.25) is 0 Å². The molecule has 1 aromatic heterocycles. The first kappa shape index (κ1) is 10.8. The third kappa shape index (κ3) is 1.84. The lowest BCUT2D eigenvalue weighted by molar-refractivity contribution is 0.439. The van der Waals surface area contributed by atoms with E-state index in [1.54, 1.807) is 18.3 Å². The van der Waals surface area contributed by atoms with E-state index in [1.165, 1.54) is 12.1 Å². The van der Waals surface area contributed by atoms with Crippen LogP contribution < -0.4 is 15.8 Å². The monoisotopic (exact) mass is 245 g/mol. The second-order valence-corrected chi connectivity index (χ2v) is 4.10. The maximum Gasteiger partial charge on any atom is 0.167 e. The first-order chi connectivity index (χ1) is 8.74. The van der Waals surface area contributed by atoms with Gasteiger partial charge in [0.1, 0.15) is 11.6 Å². The molecule has 3 rings (SSSR count). The zero-order valence-corrected chi connectivity index (χ0v) is 9.61. The van der Waals surface area contributed by atoms with Crippen LogP contribution in [-0.2, 0) is 6.42 Å². The van der Waals surface area contributed by atoms with E-state index in [0.29, 0.717) is 11.4 Å². The van der Waals surface area contributed by atoms with Crippen LogP contribution in [0.2, 0.25) is 0 Å². The lowest BCUT2D eigenvalue weighted by Crippen LogP contribution is -1.94. The number of nitrogen functional groups attached to an aromatic ring is 1. The number of hydrogen-bond acceptors (Lipinski definition) is 4. The maximum atomic E-state index is 13.7. The summed E-state index contributed by atoms with van der Waals surface area (Å²) >= 11 is 0. The van der Waals surface area contributed by atoms with Crippen molar-refractivity contribution in [1.29, 1.82) is 0 Å². The number of ether oxygens (including phenoxy) is 1. The largest absolute Gasteiger partial charge is 0.454 e. The van der Waals surface area contributed by atoms with Crippen LogP contribution in [0.15, 0.2) is 30.5 Å². The van der Waals surface area contributed by atoms with E-state index in [2.05, 4.69) is 10.3 Å². The minimum atomic E-state index is -0.466. The molecule has 4 nitrogen and oxygen atoms in total. The normalized spacial score (nSPS) is 12.9. The summed E-state index contributed by atoms with van der Waals surface area (Å²) in [5.41, 5.74) is 6.85. The van der Waals surface area contributed by atoms with Gasteiger partial charge in [0.05, 0.1) is 0 Å². The van der Waals surface area contributed by atoms with Crippen molar-refractivity contribution in [2.75, 3.05) is 17.6 Å². The zero-order chi connectivity index (χ0) is 12.5. The number of benzene rings is 1. The Balaban J connectivity index is 1.95. The van der Waals surface area contributed by atoms with Gasteiger partial charge in [0.25, 0.3) is 0 Å². The highest BCUT2D eigenvalue weighted by atomic mass is 19.1. The molecule has 1 aliphatic heterocycles. The maximum absolute atomic E-state index is 13.7. The van der Waals surface area contributed by atoms with Crippen LogP contribution in [-0.4, -0.2) is 11.5 Å². The molecule has 5 heteroatoms. The molecule has 0 saturated heterocycles. The van der Waals surface area contributed by atoms with E-state index in [4.69, 9.17) is 10.5 Å². The molecule has 18 heavy (non-hydrogen) atoms. The molecule has 0 saturated carbocycles. The first-order valence-electron chi connectivity index (χ1n) is 5.68. The summed E-state index contributed by atoms with van der Waals surface area (Å²) < 4.78 is 19.2. The molecule has 0 spiro atoms. The number of halogens is 1. The number of hydrogen-bond donors (Lipinski definition) is 2. The van der Waals surface area contributed by atoms with Crippen LogP contribution in [0.25, 0.3) is 0 Å². The summed E-state index contributed by atoms with van der Waals surface area (Å²) in [6.07, 6.45) is 2.47. The van der Waals surface area contributed by atoms with Gasteiger partial charge in [-0.2, -0.15) is 0 Å². The summed E-state index contributed by atoms with van der Waals surface area (Å²) in [5, 5.41) is 3.15. The molecule has 0 atom stereocenters. The van der Waals surface area contributed by atoms with Gasteiger partial charge in [-0.25, -0.2) is 9.37 Å². The quantitative estimate of drug-likeness (QED) is 0.798. The Labute approximate surface area is 104 Å². The topological polar surface area (TPSA) is 60.2 Å². The average molecular weight is 245 g/mol. The summed E-state index contributed by atoms with van der Waals surface area (Å²) in [6, 6.07) is 6.12. The molecule has 1 aliphatic rings. The fourth-order valence-electron chi connectivity index (χ4n) is 1.99. The van der Waals surface area contributed by atoms with Crippen LogP contribution in [0, 0.1) is 5.82 Å². The van der Waals surface area contributed by atoms with Gasteiger partial charge < -0.3 is 15.8 Å². The van der Waals surface area contributed by atoms with E-state index in [0.717, 1.165) is 24.3 Å². The Bertz CT molecular complexity index is 601. The Morgan fingerprint density at radius 3 is 3.00 bits per heavy atom. The summed E-state index contributed by atoms with van der Waals surface area (Å²) in [5.74, 6) is 1.15. The zero-order valence-electron chi connectivity index (χ0n) is 9.61. The highest BCUT2D eigenvalue weighted by Crippen LogP contribution is 2.33. The van der Waals surface area contributed by atoms with Crippen LogP contribution in [0.3, 0.4) is 0 Å². The Kier molecular flexibility index (Phi) is 2.51. The van der Waals surface area contributed by atoms with E-state index < -0.39 is 5.82 Å². The van der Waals surface area contributed by atoms with Crippen molar-refractivity contribution in [3.05, 3.63) is 41.8 Å². The van der Waals surface area contributed by atoms with Crippen molar-refractivity contribution < 1.29 is 9.13 Å². The number of nitrogens with two attached hydrogens (primary N) is 1. The Hall–Kier alpha value is -2.30. The number of anilines is 2. The molecule has 1 aromatic carbocycles. The smallest absolute Gasteiger partial charge is 0.167 e. The van der Waals surface area contributed by atoms with Crippen molar-refractivity contribution in [2.45, 2.75) is 6.42 Å². The molecule has 0 aliphatic carbocycles. The number of nitrogens with one attached hydrogen (secondary N) is 1. The van der Waals surface area contributed by atoms with Gasteiger partial charge in [0, 0.05) is 30.1 Å². The van der Waals surface area contributed by atoms with Crippen molar-refractivity contribution >= 4 is 11.5 Å². The molecular formula is C13H12FN3O. The van der Waals surface area contributed by atoms with Gasteiger partial charge in [-0.1, -0.05) is 0 Å². The Morgan fingerprint density at radius 1 is 1.28 bits per heavy atom. The number of nitrogens with zero attached hydrogens (tertiary/aromatic N) is 1. The molecule has 92 valence electrons. The third-order valence-electron chi connectivity index (χ3n) is 2.86. The number of fused-ring (bicyclic) bond motifs is 1. The van der Waals surface area contributed by atoms with Crippen LogP contribution >= 0.6 is 0 Å². The molecule has 0 fully saturated rings. The second-order valence-electron chi connectivity index (χ2n) is 4.10. The van der Waals surface area contributed by atoms with Crippen molar-refractivity contribution in [2.24, 2.45) is 0 Å². The summed E-state index contributed by atoms with van der Waals surface area (Å²) in [6.45, 7) is 0.826. The minimum absolute atomic E-state index is 0.171. The molecule has 2 aromatic rings. The van der Waals surface area contributed by atoms with Gasteiger partial charge in [-0.3, -0.25) is 0 Å². The highest BCUT2D eigenvalue weighted by Gasteiger charge is 2.17. The molecular weight excluding hydrogens is 233 g/mol. The standard InChI is InChI=1S/C13H12FN3O/c14-10-7-8(15)1-2-12(10)18-11-4-6-17-13-9(11)3-5-16-13/h1-2,4,6-7H,3,5,15H2,(H,16,17). The first-order valence-corrected chi connectivity index (χ1v) is 5.68. The van der Waals surface area contributed by atoms with E-state index in [1.807, 2.05) is 0 Å². The SMILES string of the molecule is Nc1ccc(Oc2ccnc3c2CCN3)c(F)c1. The molecule has 2 heterocycles. The number of pyridine rings is 1. The average Bonchev–Trinajstić information content (AvgIpc) is 2.82. The lowest BCUT2D eigenvalue weighted by Gasteiger charge is -2.10. The van der Waals surface area contributed by atoms with Gasteiger partial charge in [-0.05, 0) is 24.6 Å². The minimum Gasteiger partial charge on any atom is -0.454 e. The Morgan fingerprint density at radius 2 is 2.17 bits per heavy atom. The molecule has 0 unspecified atom stereocenters. The van der Waals surface area contributed by atoms with Crippen LogP contribution in [0.1, 0.15) is 5.56 Å². The lowest BCUT2D eigenvalue weighted by atomic mass is 10.2. The molecule has 0 bridgehead atoms. The predicted molar refractivity (Wildman–Crippen MR) is 67.3 cm³/mol. The number of aromatic nitrogens is 1. The van der Waals surface area contributed by atoms with Crippen molar-refractivity contribution in [1.82, 2.24) is 4.98 Å². The fraction of sp³-hybridized carbons (Fsp3) is 0.154. The van der Waals surface area contributed by atoms with Crippen molar-refractivity contribution in [3.63, 3.8) is 0 Å². The predicted octanol–water partition coefficient (Wildman–Crippen LogP) is 2.56. The fourth-order valence-corrected chi connectivity index (χ4v) is 1.99. The van der Waals surface area contributed by atoms with E-state index in [9.17, 15) is 4.39 Å². The van der Waals surface area contributed by atoms with Crippen LogP contribution in [0.5, 0.6) is 11.5 Å². The van der Waals surface area contributed by atoms with Gasteiger partial charge >= 0.3 is 0 Å². The summed E-state index contributed by atoms with van der Waals surface area (Å²) in [4.78, 5) is 4.19. The molecule has 0 radical (unpaired) electrons. The van der Waals surface area contributed by atoms with E-state index in [-0.39, 0.29) is 5.75 Å².